The molecule has 0 aliphatic heterocycles. The predicted octanol–water partition coefficient (Wildman–Crippen LogP) is 0.493. The Bertz CT molecular complexity index is 202. The molecule has 0 radical (unpaired) electrons. The summed E-state index contributed by atoms with van der Waals surface area (Å²) in [5, 5.41) is 11.4. The van der Waals surface area contributed by atoms with Crippen molar-refractivity contribution in [2.24, 2.45) is 0 Å². The molecule has 16 heavy (non-hydrogen) atoms. The van der Waals surface area contributed by atoms with Gasteiger partial charge in [-0.25, -0.2) is 4.79 Å². The quantitative estimate of drug-likeness (QED) is 0.655. The number of nitrogens with one attached hydrogen (secondary N) is 1. The SMILES string of the molecule is COCO[C@H](CO)CNC(=O)OC(C)(C)C. The Balaban J connectivity index is 3.79. The molecular formula is C10H21NO5. The van der Waals surface area contributed by atoms with E-state index in [-0.39, 0.29) is 19.9 Å². The van der Waals surface area contributed by atoms with Gasteiger partial charge in [0.25, 0.3) is 0 Å². The van der Waals surface area contributed by atoms with E-state index in [0.29, 0.717) is 0 Å². The van der Waals surface area contributed by atoms with Crippen LogP contribution < -0.4 is 5.32 Å². The molecule has 0 aromatic carbocycles. The van der Waals surface area contributed by atoms with Crippen LogP contribution in [0.4, 0.5) is 4.79 Å². The first-order valence-corrected chi connectivity index (χ1v) is 5.07. The topological polar surface area (TPSA) is 77.0 Å². The molecule has 0 aliphatic carbocycles. The number of methoxy groups -OCH3 is 1. The van der Waals surface area contributed by atoms with Crippen LogP contribution in [0.1, 0.15) is 20.8 Å². The Hall–Kier alpha value is -0.850. The lowest BCUT2D eigenvalue weighted by Gasteiger charge is -2.21. The summed E-state index contributed by atoms with van der Waals surface area (Å²) in [6, 6.07) is 0. The lowest BCUT2D eigenvalue weighted by atomic mass is 10.2. The molecule has 0 bridgehead atoms. The fraction of sp³-hybridized carbons (Fsp3) is 0.900. The van der Waals surface area contributed by atoms with Crippen molar-refractivity contribution in [2.75, 3.05) is 27.1 Å². The maximum Gasteiger partial charge on any atom is 0.407 e. The van der Waals surface area contributed by atoms with Gasteiger partial charge in [-0.3, -0.25) is 0 Å². The second kappa shape index (κ2) is 7.43. The molecule has 1 amide bonds. The van der Waals surface area contributed by atoms with Gasteiger partial charge in [0, 0.05) is 13.7 Å². The molecule has 0 unspecified atom stereocenters. The molecule has 6 heteroatoms. The van der Waals surface area contributed by atoms with E-state index in [4.69, 9.17) is 14.6 Å². The molecule has 2 N–H and O–H groups in total. The molecule has 0 aromatic heterocycles. The van der Waals surface area contributed by atoms with Crippen LogP contribution in [0, 0.1) is 0 Å². The Morgan fingerprint density at radius 1 is 1.44 bits per heavy atom. The van der Waals surface area contributed by atoms with E-state index >= 15 is 0 Å². The fourth-order valence-corrected chi connectivity index (χ4v) is 0.852. The molecule has 0 rings (SSSR count). The van der Waals surface area contributed by atoms with E-state index in [2.05, 4.69) is 10.1 Å². The first-order valence-electron chi connectivity index (χ1n) is 5.07. The monoisotopic (exact) mass is 235 g/mol. The Kier molecular flexibility index (Phi) is 7.03. The van der Waals surface area contributed by atoms with Crippen LogP contribution in [0.3, 0.4) is 0 Å². The van der Waals surface area contributed by atoms with E-state index in [1.54, 1.807) is 20.8 Å². The zero-order valence-corrected chi connectivity index (χ0v) is 10.3. The Labute approximate surface area is 95.9 Å². The highest BCUT2D eigenvalue weighted by Crippen LogP contribution is 2.06. The van der Waals surface area contributed by atoms with Crippen molar-refractivity contribution < 1.29 is 24.1 Å². The molecule has 0 heterocycles. The van der Waals surface area contributed by atoms with Crippen LogP contribution in [0.2, 0.25) is 0 Å². The van der Waals surface area contributed by atoms with Gasteiger partial charge in [0.1, 0.15) is 18.5 Å². The van der Waals surface area contributed by atoms with E-state index in [1.807, 2.05) is 0 Å². The number of amides is 1. The summed E-state index contributed by atoms with van der Waals surface area (Å²) in [6.45, 7) is 5.38. The lowest BCUT2D eigenvalue weighted by Crippen LogP contribution is -2.39. The van der Waals surface area contributed by atoms with Crippen molar-refractivity contribution in [1.82, 2.24) is 5.32 Å². The smallest absolute Gasteiger partial charge is 0.407 e. The van der Waals surface area contributed by atoms with Crippen LogP contribution in [0.15, 0.2) is 0 Å². The number of ether oxygens (including phenoxy) is 3. The number of alkyl carbamates (subject to hydrolysis) is 1. The molecule has 0 spiro atoms. The van der Waals surface area contributed by atoms with Gasteiger partial charge in [-0.2, -0.15) is 0 Å². The summed E-state index contributed by atoms with van der Waals surface area (Å²) < 4.78 is 14.8. The first kappa shape index (κ1) is 15.2. The van der Waals surface area contributed by atoms with Crippen molar-refractivity contribution in [1.29, 1.82) is 0 Å². The lowest BCUT2D eigenvalue weighted by molar-refractivity contribution is -0.0856. The van der Waals surface area contributed by atoms with Gasteiger partial charge in [-0.05, 0) is 20.8 Å². The summed E-state index contributed by atoms with van der Waals surface area (Å²) >= 11 is 0. The van der Waals surface area contributed by atoms with Crippen LogP contribution in [-0.4, -0.2) is 50.0 Å². The van der Waals surface area contributed by atoms with Gasteiger partial charge in [0.2, 0.25) is 0 Å². The second-order valence-corrected chi connectivity index (χ2v) is 4.26. The number of carbonyl (C=O) groups excluding carboxylic acids is 1. The third-order valence-corrected chi connectivity index (χ3v) is 1.50. The number of aliphatic hydroxyl groups is 1. The third kappa shape index (κ3) is 8.46. The summed E-state index contributed by atoms with van der Waals surface area (Å²) in [6.07, 6.45) is -1.03. The van der Waals surface area contributed by atoms with Crippen molar-refractivity contribution >= 4 is 6.09 Å². The van der Waals surface area contributed by atoms with Crippen molar-refractivity contribution in [3.8, 4) is 0 Å². The maximum absolute atomic E-state index is 11.3. The summed E-state index contributed by atoms with van der Waals surface area (Å²) in [5.74, 6) is 0. The summed E-state index contributed by atoms with van der Waals surface area (Å²) in [5.41, 5.74) is -0.536. The maximum atomic E-state index is 11.3. The average molecular weight is 235 g/mol. The van der Waals surface area contributed by atoms with Crippen LogP contribution in [-0.2, 0) is 14.2 Å². The summed E-state index contributed by atoms with van der Waals surface area (Å²) in [7, 11) is 1.48. The van der Waals surface area contributed by atoms with Gasteiger partial charge < -0.3 is 24.6 Å². The Morgan fingerprint density at radius 2 is 2.06 bits per heavy atom. The van der Waals surface area contributed by atoms with Crippen LogP contribution in [0.5, 0.6) is 0 Å². The van der Waals surface area contributed by atoms with Gasteiger partial charge in [-0.1, -0.05) is 0 Å². The molecule has 0 fully saturated rings. The molecule has 96 valence electrons. The second-order valence-electron chi connectivity index (χ2n) is 4.26. The van der Waals surface area contributed by atoms with Crippen LogP contribution >= 0.6 is 0 Å². The van der Waals surface area contributed by atoms with Gasteiger partial charge >= 0.3 is 6.09 Å². The third-order valence-electron chi connectivity index (χ3n) is 1.50. The highest BCUT2D eigenvalue weighted by molar-refractivity contribution is 5.67. The molecule has 0 aliphatic rings. The molecule has 6 nitrogen and oxygen atoms in total. The van der Waals surface area contributed by atoms with E-state index in [1.165, 1.54) is 7.11 Å². The number of aliphatic hydroxyl groups excluding tert-OH is 1. The van der Waals surface area contributed by atoms with E-state index in [9.17, 15) is 4.79 Å². The van der Waals surface area contributed by atoms with Crippen molar-refractivity contribution in [2.45, 2.75) is 32.5 Å². The van der Waals surface area contributed by atoms with Gasteiger partial charge in [-0.15, -0.1) is 0 Å². The molecule has 1 atom stereocenters. The number of hydrogen-bond donors (Lipinski definition) is 2. The molecular weight excluding hydrogens is 214 g/mol. The zero-order chi connectivity index (χ0) is 12.6. The number of rotatable bonds is 6. The summed E-state index contributed by atoms with van der Waals surface area (Å²) in [4.78, 5) is 11.3. The first-order chi connectivity index (χ1) is 7.39. The Morgan fingerprint density at radius 3 is 2.50 bits per heavy atom. The largest absolute Gasteiger partial charge is 0.444 e. The van der Waals surface area contributed by atoms with Crippen molar-refractivity contribution in [3.05, 3.63) is 0 Å². The highest BCUT2D eigenvalue weighted by Gasteiger charge is 2.17. The minimum absolute atomic E-state index is 0.0707. The number of carbonyl (C=O) groups is 1. The standard InChI is InChI=1S/C10H21NO5/c1-10(2,3)16-9(13)11-5-8(6-12)15-7-14-4/h8,12H,5-7H2,1-4H3,(H,11,13)/t8-/m0/s1. The molecule has 0 saturated heterocycles. The van der Waals surface area contributed by atoms with Gasteiger partial charge in [0.05, 0.1) is 6.61 Å². The highest BCUT2D eigenvalue weighted by atomic mass is 16.7. The van der Waals surface area contributed by atoms with E-state index < -0.39 is 17.8 Å². The minimum atomic E-state index is -0.536. The molecule has 0 saturated carbocycles. The molecule has 0 aromatic rings. The number of hydrogen-bond acceptors (Lipinski definition) is 5. The van der Waals surface area contributed by atoms with Gasteiger partial charge in [0.15, 0.2) is 0 Å². The normalized spacial score (nSPS) is 13.3. The van der Waals surface area contributed by atoms with Crippen LogP contribution in [0.25, 0.3) is 0 Å². The predicted molar refractivity (Wildman–Crippen MR) is 58.1 cm³/mol. The zero-order valence-electron chi connectivity index (χ0n) is 10.3. The van der Waals surface area contributed by atoms with Crippen molar-refractivity contribution in [3.63, 3.8) is 0 Å². The minimum Gasteiger partial charge on any atom is -0.444 e. The fourth-order valence-electron chi connectivity index (χ4n) is 0.852. The average Bonchev–Trinajstić information content (AvgIpc) is 2.15. The van der Waals surface area contributed by atoms with E-state index in [0.717, 1.165) is 0 Å².